The number of nitrogens with zero attached hydrogens (tertiary/aromatic N) is 1. The van der Waals surface area contributed by atoms with Crippen molar-refractivity contribution in [1.82, 2.24) is 10.2 Å². The van der Waals surface area contributed by atoms with Crippen LogP contribution in [0, 0.1) is 0 Å². The van der Waals surface area contributed by atoms with Gasteiger partial charge in [-0.15, -0.1) is 0 Å². The molecule has 0 fully saturated rings. The number of hydrogen-bond acceptors (Lipinski definition) is 3. The molecule has 0 unspecified atom stereocenters. The third kappa shape index (κ3) is 1.83. The van der Waals surface area contributed by atoms with Gasteiger partial charge in [-0.3, -0.25) is 5.10 Å². The molecule has 0 aliphatic rings. The minimum Gasteiger partial charge on any atom is -0.496 e. The van der Waals surface area contributed by atoms with E-state index in [1.54, 1.807) is 13.3 Å². The van der Waals surface area contributed by atoms with Crippen LogP contribution in [0.2, 0.25) is 0 Å². The van der Waals surface area contributed by atoms with Gasteiger partial charge < -0.3 is 10.5 Å². The Morgan fingerprint density at radius 2 is 2.20 bits per heavy atom. The zero-order valence-electron chi connectivity index (χ0n) is 8.12. The third-order valence-electron chi connectivity index (χ3n) is 2.12. The number of methoxy groups -OCH3 is 1. The van der Waals surface area contributed by atoms with Crippen LogP contribution in [-0.2, 0) is 0 Å². The molecule has 0 spiro atoms. The summed E-state index contributed by atoms with van der Waals surface area (Å²) in [6, 6.07) is 5.76. The number of ether oxygens (including phenoxy) is 1. The SMILES string of the molecule is COc1cc(Br)ccc1-c1cn[nH]c1N. The first-order chi connectivity index (χ1) is 7.22. The maximum Gasteiger partial charge on any atom is 0.128 e. The van der Waals surface area contributed by atoms with Crippen LogP contribution in [-0.4, -0.2) is 17.3 Å². The number of nitrogen functional groups attached to an aromatic ring is 1. The minimum absolute atomic E-state index is 0.538. The molecule has 0 aliphatic heterocycles. The molecule has 0 amide bonds. The van der Waals surface area contributed by atoms with Gasteiger partial charge in [-0.2, -0.15) is 5.10 Å². The largest absolute Gasteiger partial charge is 0.496 e. The second-order valence-electron chi connectivity index (χ2n) is 3.04. The Morgan fingerprint density at radius 1 is 1.40 bits per heavy atom. The summed E-state index contributed by atoms with van der Waals surface area (Å²) in [6.45, 7) is 0. The van der Waals surface area contributed by atoms with Gasteiger partial charge >= 0.3 is 0 Å². The molecule has 4 nitrogen and oxygen atoms in total. The van der Waals surface area contributed by atoms with Crippen molar-refractivity contribution in [2.45, 2.75) is 0 Å². The Balaban J connectivity index is 2.58. The molecule has 0 bridgehead atoms. The second kappa shape index (κ2) is 3.94. The van der Waals surface area contributed by atoms with Crippen LogP contribution < -0.4 is 10.5 Å². The summed E-state index contributed by atoms with van der Waals surface area (Å²) in [5.74, 6) is 1.30. The average molecular weight is 268 g/mol. The second-order valence-corrected chi connectivity index (χ2v) is 3.96. The molecule has 2 aromatic rings. The summed E-state index contributed by atoms with van der Waals surface area (Å²) in [6.07, 6.45) is 1.68. The lowest BCUT2D eigenvalue weighted by molar-refractivity contribution is 0.416. The predicted molar refractivity (Wildman–Crippen MR) is 62.7 cm³/mol. The van der Waals surface area contributed by atoms with Crippen LogP contribution in [0.15, 0.2) is 28.9 Å². The highest BCUT2D eigenvalue weighted by atomic mass is 79.9. The molecular formula is C10H10BrN3O. The highest BCUT2D eigenvalue weighted by molar-refractivity contribution is 9.10. The standard InChI is InChI=1S/C10H10BrN3O/c1-15-9-4-6(11)2-3-7(9)8-5-13-14-10(8)12/h2-5H,1H3,(H3,12,13,14). The molecule has 0 atom stereocenters. The quantitative estimate of drug-likeness (QED) is 0.879. The number of aromatic amines is 1. The van der Waals surface area contributed by atoms with Crippen molar-refractivity contribution in [2.75, 3.05) is 12.8 Å². The number of nitrogens with one attached hydrogen (secondary N) is 1. The molecule has 1 aromatic carbocycles. The molecule has 3 N–H and O–H groups in total. The Kier molecular flexibility index (Phi) is 2.64. The van der Waals surface area contributed by atoms with E-state index < -0.39 is 0 Å². The van der Waals surface area contributed by atoms with Crippen LogP contribution in [0.1, 0.15) is 0 Å². The van der Waals surface area contributed by atoms with Crippen molar-refractivity contribution in [1.29, 1.82) is 0 Å². The van der Waals surface area contributed by atoms with E-state index in [0.717, 1.165) is 21.3 Å². The highest BCUT2D eigenvalue weighted by Crippen LogP contribution is 2.34. The normalized spacial score (nSPS) is 10.3. The number of benzene rings is 1. The van der Waals surface area contributed by atoms with Gasteiger partial charge in [0.25, 0.3) is 0 Å². The van der Waals surface area contributed by atoms with Crippen LogP contribution >= 0.6 is 15.9 Å². The van der Waals surface area contributed by atoms with E-state index in [9.17, 15) is 0 Å². The van der Waals surface area contributed by atoms with E-state index in [-0.39, 0.29) is 0 Å². The van der Waals surface area contributed by atoms with Crippen molar-refractivity contribution in [3.05, 3.63) is 28.9 Å². The minimum atomic E-state index is 0.538. The van der Waals surface area contributed by atoms with Crippen molar-refractivity contribution in [3.63, 3.8) is 0 Å². The zero-order chi connectivity index (χ0) is 10.8. The molecule has 0 saturated carbocycles. The monoisotopic (exact) mass is 267 g/mol. The van der Waals surface area contributed by atoms with Gasteiger partial charge in [-0.25, -0.2) is 0 Å². The molecule has 1 heterocycles. The van der Waals surface area contributed by atoms with Crippen molar-refractivity contribution in [3.8, 4) is 16.9 Å². The molecule has 0 saturated heterocycles. The summed E-state index contributed by atoms with van der Waals surface area (Å²) in [4.78, 5) is 0. The number of anilines is 1. The van der Waals surface area contributed by atoms with Crippen LogP contribution in [0.4, 0.5) is 5.82 Å². The number of rotatable bonds is 2. The molecule has 2 rings (SSSR count). The molecular weight excluding hydrogens is 258 g/mol. The number of aromatic nitrogens is 2. The lowest BCUT2D eigenvalue weighted by Crippen LogP contribution is -1.91. The fraction of sp³-hybridized carbons (Fsp3) is 0.100. The van der Waals surface area contributed by atoms with E-state index in [2.05, 4.69) is 26.1 Å². The lowest BCUT2D eigenvalue weighted by atomic mass is 10.1. The van der Waals surface area contributed by atoms with Crippen molar-refractivity contribution in [2.24, 2.45) is 0 Å². The van der Waals surface area contributed by atoms with Gasteiger partial charge in [-0.05, 0) is 18.2 Å². The first-order valence-corrected chi connectivity index (χ1v) is 5.14. The zero-order valence-corrected chi connectivity index (χ0v) is 9.71. The maximum atomic E-state index is 5.75. The Bertz CT molecular complexity index is 481. The smallest absolute Gasteiger partial charge is 0.128 e. The predicted octanol–water partition coefficient (Wildman–Crippen LogP) is 2.43. The average Bonchev–Trinajstić information content (AvgIpc) is 2.64. The summed E-state index contributed by atoms with van der Waals surface area (Å²) in [7, 11) is 1.63. The molecule has 78 valence electrons. The van der Waals surface area contributed by atoms with Crippen molar-refractivity contribution >= 4 is 21.7 Å². The van der Waals surface area contributed by atoms with E-state index in [1.807, 2.05) is 18.2 Å². The highest BCUT2D eigenvalue weighted by Gasteiger charge is 2.10. The molecule has 1 aromatic heterocycles. The maximum absolute atomic E-state index is 5.75. The first kappa shape index (κ1) is 10.0. The van der Waals surface area contributed by atoms with E-state index in [0.29, 0.717) is 5.82 Å². The van der Waals surface area contributed by atoms with Crippen LogP contribution in [0.5, 0.6) is 5.75 Å². The number of nitrogens with two attached hydrogens (primary N) is 1. The van der Waals surface area contributed by atoms with E-state index in [4.69, 9.17) is 10.5 Å². The summed E-state index contributed by atoms with van der Waals surface area (Å²) < 4.78 is 6.24. The van der Waals surface area contributed by atoms with Gasteiger partial charge in [0.2, 0.25) is 0 Å². The number of H-pyrrole nitrogens is 1. The van der Waals surface area contributed by atoms with Gasteiger partial charge in [0, 0.05) is 15.6 Å². The lowest BCUT2D eigenvalue weighted by Gasteiger charge is -2.07. The summed E-state index contributed by atoms with van der Waals surface area (Å²) in [5.41, 5.74) is 7.52. The van der Waals surface area contributed by atoms with Gasteiger partial charge in [0.1, 0.15) is 11.6 Å². The van der Waals surface area contributed by atoms with Gasteiger partial charge in [0.15, 0.2) is 0 Å². The number of hydrogen-bond donors (Lipinski definition) is 2. The molecule has 5 heteroatoms. The first-order valence-electron chi connectivity index (χ1n) is 4.35. The topological polar surface area (TPSA) is 63.9 Å². The fourth-order valence-electron chi connectivity index (χ4n) is 1.40. The Hall–Kier alpha value is -1.49. The third-order valence-corrected chi connectivity index (χ3v) is 2.62. The summed E-state index contributed by atoms with van der Waals surface area (Å²) >= 11 is 3.38. The van der Waals surface area contributed by atoms with Gasteiger partial charge in [-0.1, -0.05) is 15.9 Å². The summed E-state index contributed by atoms with van der Waals surface area (Å²) in [5, 5.41) is 6.57. The van der Waals surface area contributed by atoms with Crippen LogP contribution in [0.3, 0.4) is 0 Å². The Labute approximate surface area is 95.6 Å². The van der Waals surface area contributed by atoms with Crippen LogP contribution in [0.25, 0.3) is 11.1 Å². The van der Waals surface area contributed by atoms with E-state index in [1.165, 1.54) is 0 Å². The molecule has 0 aliphatic carbocycles. The Morgan fingerprint density at radius 3 is 2.80 bits per heavy atom. The number of halogens is 1. The van der Waals surface area contributed by atoms with E-state index >= 15 is 0 Å². The molecule has 15 heavy (non-hydrogen) atoms. The van der Waals surface area contributed by atoms with Gasteiger partial charge in [0.05, 0.1) is 13.3 Å². The van der Waals surface area contributed by atoms with Crippen molar-refractivity contribution < 1.29 is 4.74 Å². The fourth-order valence-corrected chi connectivity index (χ4v) is 1.74. The molecule has 0 radical (unpaired) electrons.